The quantitative estimate of drug-likeness (QED) is 0.917. The van der Waals surface area contributed by atoms with E-state index < -0.39 is 0 Å². The number of likely N-dealkylation sites (tertiary alicyclic amines) is 2. The van der Waals surface area contributed by atoms with Crippen LogP contribution in [0.3, 0.4) is 0 Å². The summed E-state index contributed by atoms with van der Waals surface area (Å²) in [5.74, 6) is 1.25. The molecule has 0 radical (unpaired) electrons. The fourth-order valence-corrected chi connectivity index (χ4v) is 3.90. The molecule has 132 valence electrons. The first kappa shape index (κ1) is 17.1. The third kappa shape index (κ3) is 3.53. The number of carbonyl (C=O) groups is 1. The standard InChI is InChI=1S/C18H29N5O/c1-13(2)22-9-6-14(7-10-22)18(24)23-8-4-5-16(23)15-11-20-12-17(19-3)21-15/h11-14,16H,4-10H2,1-3H3,(H,19,21)/t16-/m1/s1. The van der Waals surface area contributed by atoms with Gasteiger partial charge in [-0.25, -0.2) is 4.98 Å². The number of hydrogen-bond donors (Lipinski definition) is 1. The van der Waals surface area contributed by atoms with Crippen molar-refractivity contribution in [2.45, 2.75) is 51.6 Å². The van der Waals surface area contributed by atoms with Crippen LogP contribution in [0.5, 0.6) is 0 Å². The summed E-state index contributed by atoms with van der Waals surface area (Å²) in [7, 11) is 1.84. The average Bonchev–Trinajstić information content (AvgIpc) is 3.11. The lowest BCUT2D eigenvalue weighted by molar-refractivity contribution is -0.138. The second kappa shape index (κ2) is 7.47. The Bertz CT molecular complexity index is 568. The minimum Gasteiger partial charge on any atom is -0.372 e. The molecule has 3 rings (SSSR count). The number of anilines is 1. The Balaban J connectivity index is 1.68. The van der Waals surface area contributed by atoms with E-state index in [-0.39, 0.29) is 12.0 Å². The number of hydrogen-bond acceptors (Lipinski definition) is 5. The van der Waals surface area contributed by atoms with E-state index in [1.54, 1.807) is 12.4 Å². The Labute approximate surface area is 144 Å². The van der Waals surface area contributed by atoms with Gasteiger partial charge in [-0.15, -0.1) is 0 Å². The van der Waals surface area contributed by atoms with Gasteiger partial charge in [0.2, 0.25) is 5.91 Å². The lowest BCUT2D eigenvalue weighted by atomic mass is 9.94. The lowest BCUT2D eigenvalue weighted by Crippen LogP contribution is -2.44. The highest BCUT2D eigenvalue weighted by atomic mass is 16.2. The maximum absolute atomic E-state index is 13.1. The summed E-state index contributed by atoms with van der Waals surface area (Å²) < 4.78 is 0. The van der Waals surface area contributed by atoms with Crippen LogP contribution in [0.4, 0.5) is 5.82 Å². The molecule has 6 nitrogen and oxygen atoms in total. The molecule has 0 saturated carbocycles. The zero-order valence-corrected chi connectivity index (χ0v) is 15.0. The highest BCUT2D eigenvalue weighted by Crippen LogP contribution is 2.34. The molecule has 1 atom stereocenters. The summed E-state index contributed by atoms with van der Waals surface area (Å²) in [6, 6.07) is 0.654. The van der Waals surface area contributed by atoms with E-state index >= 15 is 0 Å². The van der Waals surface area contributed by atoms with E-state index in [1.165, 1.54) is 0 Å². The molecule has 2 aliphatic rings. The van der Waals surface area contributed by atoms with E-state index in [1.807, 2.05) is 7.05 Å². The highest BCUT2D eigenvalue weighted by molar-refractivity contribution is 5.79. The second-order valence-corrected chi connectivity index (χ2v) is 7.17. The molecule has 1 aromatic rings. The van der Waals surface area contributed by atoms with Crippen molar-refractivity contribution in [3.8, 4) is 0 Å². The molecule has 1 amide bonds. The number of nitrogens with one attached hydrogen (secondary N) is 1. The normalized spacial score (nSPS) is 23.0. The summed E-state index contributed by atoms with van der Waals surface area (Å²) >= 11 is 0. The summed E-state index contributed by atoms with van der Waals surface area (Å²) in [4.78, 5) is 26.5. The first-order valence-corrected chi connectivity index (χ1v) is 9.14. The number of amides is 1. The van der Waals surface area contributed by atoms with Crippen molar-refractivity contribution in [3.63, 3.8) is 0 Å². The van der Waals surface area contributed by atoms with E-state index in [9.17, 15) is 4.79 Å². The SMILES string of the molecule is CNc1cncc([C@H]2CCCN2C(=O)C2CCN(C(C)C)CC2)n1. The van der Waals surface area contributed by atoms with Crippen LogP contribution in [0.1, 0.15) is 51.3 Å². The summed E-state index contributed by atoms with van der Waals surface area (Å²) in [5, 5.41) is 3.03. The van der Waals surface area contributed by atoms with Crippen LogP contribution in [-0.2, 0) is 4.79 Å². The number of carbonyl (C=O) groups excluding carboxylic acids is 1. The number of aromatic nitrogens is 2. The van der Waals surface area contributed by atoms with Gasteiger partial charge in [-0.1, -0.05) is 0 Å². The number of rotatable bonds is 4. The van der Waals surface area contributed by atoms with Gasteiger partial charge in [0.1, 0.15) is 5.82 Å². The Morgan fingerprint density at radius 3 is 2.62 bits per heavy atom. The van der Waals surface area contributed by atoms with Gasteiger partial charge in [0.25, 0.3) is 0 Å². The first-order chi connectivity index (χ1) is 11.6. The van der Waals surface area contributed by atoms with Crippen molar-refractivity contribution in [3.05, 3.63) is 18.1 Å². The van der Waals surface area contributed by atoms with Crippen molar-refractivity contribution >= 4 is 11.7 Å². The van der Waals surface area contributed by atoms with Crippen molar-refractivity contribution in [1.82, 2.24) is 19.8 Å². The molecule has 0 unspecified atom stereocenters. The molecule has 1 N–H and O–H groups in total. The fourth-order valence-electron chi connectivity index (χ4n) is 3.90. The van der Waals surface area contributed by atoms with Gasteiger partial charge in [0.05, 0.1) is 24.1 Å². The largest absolute Gasteiger partial charge is 0.372 e. The molecule has 6 heteroatoms. The molecule has 2 saturated heterocycles. The minimum atomic E-state index is 0.0847. The molecular formula is C18H29N5O. The topological polar surface area (TPSA) is 61.4 Å². The van der Waals surface area contributed by atoms with E-state index in [4.69, 9.17) is 0 Å². The zero-order valence-electron chi connectivity index (χ0n) is 15.0. The van der Waals surface area contributed by atoms with Crippen molar-refractivity contribution in [2.24, 2.45) is 5.92 Å². The van der Waals surface area contributed by atoms with Crippen LogP contribution in [0.25, 0.3) is 0 Å². The molecule has 3 heterocycles. The number of nitrogens with zero attached hydrogens (tertiary/aromatic N) is 4. The van der Waals surface area contributed by atoms with Gasteiger partial charge < -0.3 is 15.1 Å². The maximum atomic E-state index is 13.1. The van der Waals surface area contributed by atoms with Gasteiger partial charge in [-0.3, -0.25) is 9.78 Å². The first-order valence-electron chi connectivity index (χ1n) is 9.14. The van der Waals surface area contributed by atoms with Gasteiger partial charge in [0.15, 0.2) is 0 Å². The Morgan fingerprint density at radius 2 is 1.96 bits per heavy atom. The van der Waals surface area contributed by atoms with Crippen molar-refractivity contribution < 1.29 is 4.79 Å². The van der Waals surface area contributed by atoms with E-state index in [0.29, 0.717) is 11.9 Å². The summed E-state index contributed by atoms with van der Waals surface area (Å²) in [5.41, 5.74) is 0.910. The molecule has 24 heavy (non-hydrogen) atoms. The van der Waals surface area contributed by atoms with Crippen LogP contribution in [0.2, 0.25) is 0 Å². The molecule has 0 aromatic carbocycles. The van der Waals surface area contributed by atoms with Gasteiger partial charge in [-0.05, 0) is 52.6 Å². The van der Waals surface area contributed by atoms with Crippen LogP contribution in [0.15, 0.2) is 12.4 Å². The third-order valence-electron chi connectivity index (χ3n) is 5.40. The van der Waals surface area contributed by atoms with E-state index in [2.05, 4.69) is 38.9 Å². The molecule has 2 fully saturated rings. The average molecular weight is 331 g/mol. The number of piperidine rings is 1. The van der Waals surface area contributed by atoms with Crippen LogP contribution in [-0.4, -0.2) is 58.4 Å². The second-order valence-electron chi connectivity index (χ2n) is 7.17. The Morgan fingerprint density at radius 1 is 1.21 bits per heavy atom. The van der Waals surface area contributed by atoms with Crippen LogP contribution < -0.4 is 5.32 Å². The van der Waals surface area contributed by atoms with Crippen molar-refractivity contribution in [1.29, 1.82) is 0 Å². The fraction of sp³-hybridized carbons (Fsp3) is 0.722. The van der Waals surface area contributed by atoms with Crippen LogP contribution in [0, 0.1) is 5.92 Å². The highest BCUT2D eigenvalue weighted by Gasteiger charge is 2.36. The summed E-state index contributed by atoms with van der Waals surface area (Å²) in [6.45, 7) is 7.36. The van der Waals surface area contributed by atoms with Gasteiger partial charge in [0, 0.05) is 25.6 Å². The predicted molar refractivity (Wildman–Crippen MR) is 94.7 cm³/mol. The minimum absolute atomic E-state index is 0.0847. The Hall–Kier alpha value is -1.69. The molecular weight excluding hydrogens is 302 g/mol. The third-order valence-corrected chi connectivity index (χ3v) is 5.40. The molecule has 0 aliphatic carbocycles. The molecule has 0 spiro atoms. The van der Waals surface area contributed by atoms with Gasteiger partial charge in [-0.2, -0.15) is 0 Å². The lowest BCUT2D eigenvalue weighted by Gasteiger charge is -2.36. The molecule has 2 aliphatic heterocycles. The van der Waals surface area contributed by atoms with Crippen molar-refractivity contribution in [2.75, 3.05) is 32.0 Å². The predicted octanol–water partition coefficient (Wildman–Crippen LogP) is 2.30. The molecule has 0 bridgehead atoms. The van der Waals surface area contributed by atoms with E-state index in [0.717, 1.165) is 56.8 Å². The van der Waals surface area contributed by atoms with Gasteiger partial charge >= 0.3 is 0 Å². The zero-order chi connectivity index (χ0) is 17.1. The summed E-state index contributed by atoms with van der Waals surface area (Å²) in [6.07, 6.45) is 7.50. The molecule has 1 aromatic heterocycles. The maximum Gasteiger partial charge on any atom is 0.226 e. The smallest absolute Gasteiger partial charge is 0.226 e. The monoisotopic (exact) mass is 331 g/mol. The van der Waals surface area contributed by atoms with Crippen LogP contribution >= 0.6 is 0 Å². The Kier molecular flexibility index (Phi) is 5.33.